The number of sulfone groups is 1. The summed E-state index contributed by atoms with van der Waals surface area (Å²) in [6, 6.07) is 4.18. The Labute approximate surface area is 108 Å². The second kappa shape index (κ2) is 5.90. The van der Waals surface area contributed by atoms with Crippen molar-refractivity contribution in [3.05, 3.63) is 34.1 Å². The van der Waals surface area contributed by atoms with Crippen molar-refractivity contribution in [2.45, 2.75) is 12.5 Å². The molecule has 7 heteroatoms. The minimum absolute atomic E-state index is 0.0908. The number of nitrogens with one attached hydrogen (secondary N) is 1. The fourth-order valence-corrected chi connectivity index (χ4v) is 2.87. The van der Waals surface area contributed by atoms with E-state index in [1.807, 2.05) is 0 Å². The van der Waals surface area contributed by atoms with E-state index in [0.717, 1.165) is 6.26 Å². The van der Waals surface area contributed by atoms with Crippen molar-refractivity contribution in [3.63, 3.8) is 0 Å². The van der Waals surface area contributed by atoms with Crippen LogP contribution in [0.1, 0.15) is 5.56 Å². The molecule has 0 fully saturated rings. The van der Waals surface area contributed by atoms with Crippen LogP contribution in [0.4, 0.5) is 4.39 Å². The average molecular weight is 325 g/mol. The topological polar surface area (TPSA) is 72.2 Å². The second-order valence-corrected chi connectivity index (χ2v) is 6.85. The largest absolute Gasteiger partial charge is 0.271 e. The lowest BCUT2D eigenvalue weighted by atomic mass is 10.1. The summed E-state index contributed by atoms with van der Waals surface area (Å²) in [5, 5.41) is 0. The predicted molar refractivity (Wildman–Crippen MR) is 68.6 cm³/mol. The number of hydrogen-bond acceptors (Lipinski definition) is 4. The summed E-state index contributed by atoms with van der Waals surface area (Å²) in [4.78, 5) is 0. The van der Waals surface area contributed by atoms with Crippen LogP contribution in [0.5, 0.6) is 0 Å². The van der Waals surface area contributed by atoms with E-state index in [1.165, 1.54) is 6.07 Å². The van der Waals surface area contributed by atoms with E-state index in [4.69, 9.17) is 5.84 Å². The highest BCUT2D eigenvalue weighted by Crippen LogP contribution is 2.21. The molecule has 1 aromatic rings. The van der Waals surface area contributed by atoms with Crippen LogP contribution in [0.15, 0.2) is 22.7 Å². The third-order valence-corrected chi connectivity index (χ3v) is 4.13. The normalized spacial score (nSPS) is 13.6. The predicted octanol–water partition coefficient (Wildman–Crippen LogP) is 1.01. The summed E-state index contributed by atoms with van der Waals surface area (Å²) in [6.45, 7) is 0. The molecule has 3 N–H and O–H groups in total. The fraction of sp³-hybridized carbons (Fsp3) is 0.400. The number of nitrogens with two attached hydrogens (primary N) is 1. The van der Waals surface area contributed by atoms with Crippen molar-refractivity contribution in [1.82, 2.24) is 5.43 Å². The molecular formula is C10H14BrFN2O2S. The van der Waals surface area contributed by atoms with Gasteiger partial charge in [-0.3, -0.25) is 11.3 Å². The number of benzene rings is 1. The molecule has 0 amide bonds. The van der Waals surface area contributed by atoms with Gasteiger partial charge in [0.15, 0.2) is 0 Å². The van der Waals surface area contributed by atoms with Crippen LogP contribution in [0, 0.1) is 5.82 Å². The first-order chi connectivity index (χ1) is 7.83. The SMILES string of the molecule is CS(=O)(=O)CC(Cc1cccc(F)c1Br)NN. The summed E-state index contributed by atoms with van der Waals surface area (Å²) < 4.78 is 35.9. The highest BCUT2D eigenvalue weighted by atomic mass is 79.9. The van der Waals surface area contributed by atoms with Gasteiger partial charge in [0.1, 0.15) is 15.7 Å². The van der Waals surface area contributed by atoms with Crippen LogP contribution in [-0.2, 0) is 16.3 Å². The van der Waals surface area contributed by atoms with Gasteiger partial charge in [-0.25, -0.2) is 12.8 Å². The second-order valence-electron chi connectivity index (χ2n) is 3.87. The maximum absolute atomic E-state index is 13.3. The summed E-state index contributed by atoms with van der Waals surface area (Å²) in [6.07, 6.45) is 1.47. The summed E-state index contributed by atoms with van der Waals surface area (Å²) in [5.41, 5.74) is 3.11. The van der Waals surface area contributed by atoms with Crippen LogP contribution in [0.2, 0.25) is 0 Å². The first-order valence-electron chi connectivity index (χ1n) is 4.90. The van der Waals surface area contributed by atoms with E-state index in [1.54, 1.807) is 12.1 Å². The van der Waals surface area contributed by atoms with Crippen molar-refractivity contribution in [3.8, 4) is 0 Å². The van der Waals surface area contributed by atoms with Gasteiger partial charge in [-0.15, -0.1) is 0 Å². The fourth-order valence-electron chi connectivity index (χ4n) is 1.50. The Balaban J connectivity index is 2.85. The molecule has 0 aromatic heterocycles. The Bertz CT molecular complexity index is 493. The summed E-state index contributed by atoms with van der Waals surface area (Å²) in [5.74, 6) is 4.82. The average Bonchev–Trinajstić information content (AvgIpc) is 2.21. The molecule has 0 aliphatic carbocycles. The molecule has 1 atom stereocenters. The van der Waals surface area contributed by atoms with Gasteiger partial charge < -0.3 is 0 Å². The first kappa shape index (κ1) is 14.6. The minimum atomic E-state index is -3.13. The zero-order valence-electron chi connectivity index (χ0n) is 9.28. The Kier molecular flexibility index (Phi) is 5.05. The number of rotatable bonds is 5. The highest BCUT2D eigenvalue weighted by molar-refractivity contribution is 9.10. The molecule has 0 saturated carbocycles. The minimum Gasteiger partial charge on any atom is -0.271 e. The van der Waals surface area contributed by atoms with E-state index in [-0.39, 0.29) is 11.6 Å². The molecule has 0 radical (unpaired) electrons. The van der Waals surface area contributed by atoms with Gasteiger partial charge in [0.2, 0.25) is 0 Å². The zero-order valence-corrected chi connectivity index (χ0v) is 11.7. The van der Waals surface area contributed by atoms with Crippen LogP contribution < -0.4 is 11.3 Å². The van der Waals surface area contributed by atoms with Gasteiger partial charge in [0, 0.05) is 12.3 Å². The van der Waals surface area contributed by atoms with E-state index >= 15 is 0 Å². The first-order valence-corrected chi connectivity index (χ1v) is 7.75. The molecule has 96 valence electrons. The van der Waals surface area contributed by atoms with Crippen molar-refractivity contribution in [1.29, 1.82) is 0 Å². The van der Waals surface area contributed by atoms with Crippen molar-refractivity contribution in [2.24, 2.45) is 5.84 Å². The van der Waals surface area contributed by atoms with Gasteiger partial charge in [-0.1, -0.05) is 12.1 Å². The Morgan fingerprint density at radius 2 is 2.18 bits per heavy atom. The monoisotopic (exact) mass is 324 g/mol. The molecule has 0 bridgehead atoms. The van der Waals surface area contributed by atoms with Gasteiger partial charge in [0.25, 0.3) is 0 Å². The van der Waals surface area contributed by atoms with Crippen LogP contribution in [0.25, 0.3) is 0 Å². The summed E-state index contributed by atoms with van der Waals surface area (Å²) >= 11 is 3.12. The number of hydrogen-bond donors (Lipinski definition) is 2. The molecule has 0 aliphatic rings. The molecule has 4 nitrogen and oxygen atoms in total. The lowest BCUT2D eigenvalue weighted by Gasteiger charge is -2.15. The van der Waals surface area contributed by atoms with Crippen molar-refractivity contribution >= 4 is 25.8 Å². The molecule has 0 heterocycles. The molecule has 1 aromatic carbocycles. The van der Waals surface area contributed by atoms with E-state index in [9.17, 15) is 12.8 Å². The lowest BCUT2D eigenvalue weighted by Crippen LogP contribution is -2.41. The lowest BCUT2D eigenvalue weighted by molar-refractivity contribution is 0.543. The number of hydrazine groups is 1. The van der Waals surface area contributed by atoms with E-state index in [2.05, 4.69) is 21.4 Å². The van der Waals surface area contributed by atoms with E-state index < -0.39 is 15.9 Å². The number of halogens is 2. The molecule has 0 spiro atoms. The van der Waals surface area contributed by atoms with Crippen LogP contribution in [-0.4, -0.2) is 26.5 Å². The molecule has 17 heavy (non-hydrogen) atoms. The maximum Gasteiger partial charge on any atom is 0.149 e. The molecule has 1 rings (SSSR count). The highest BCUT2D eigenvalue weighted by Gasteiger charge is 2.16. The van der Waals surface area contributed by atoms with Crippen molar-refractivity contribution in [2.75, 3.05) is 12.0 Å². The standard InChI is InChI=1S/C10H14BrFN2O2S/c1-17(15,16)6-8(14-13)5-7-3-2-4-9(12)10(7)11/h2-4,8,14H,5-6,13H2,1H3. The molecule has 0 saturated heterocycles. The third kappa shape index (κ3) is 4.71. The van der Waals surface area contributed by atoms with Gasteiger partial charge in [-0.05, 0) is 34.0 Å². The van der Waals surface area contributed by atoms with Gasteiger partial charge >= 0.3 is 0 Å². The van der Waals surface area contributed by atoms with Crippen LogP contribution in [0.3, 0.4) is 0 Å². The van der Waals surface area contributed by atoms with Crippen molar-refractivity contribution < 1.29 is 12.8 Å². The Hall–Kier alpha value is -0.500. The maximum atomic E-state index is 13.3. The van der Waals surface area contributed by atoms with E-state index in [0.29, 0.717) is 16.5 Å². The smallest absolute Gasteiger partial charge is 0.149 e. The van der Waals surface area contributed by atoms with Crippen LogP contribution >= 0.6 is 15.9 Å². The zero-order chi connectivity index (χ0) is 13.1. The van der Waals surface area contributed by atoms with Gasteiger partial charge in [-0.2, -0.15) is 0 Å². The molecule has 1 unspecified atom stereocenters. The summed E-state index contributed by atoms with van der Waals surface area (Å²) in [7, 11) is -3.13. The molecular weight excluding hydrogens is 311 g/mol. The van der Waals surface area contributed by atoms with Gasteiger partial charge in [0.05, 0.1) is 10.2 Å². The third-order valence-electron chi connectivity index (χ3n) is 2.24. The quantitative estimate of drug-likeness (QED) is 0.626. The Morgan fingerprint density at radius 3 is 2.71 bits per heavy atom. The molecule has 0 aliphatic heterocycles. The Morgan fingerprint density at radius 1 is 1.53 bits per heavy atom.